The van der Waals surface area contributed by atoms with Gasteiger partial charge in [0.25, 0.3) is 5.91 Å². The van der Waals surface area contributed by atoms with Crippen molar-refractivity contribution in [2.75, 3.05) is 12.3 Å². The number of hydrogen-bond acceptors (Lipinski definition) is 5. The van der Waals surface area contributed by atoms with Crippen molar-refractivity contribution < 1.29 is 9.53 Å². The van der Waals surface area contributed by atoms with Gasteiger partial charge in [-0.1, -0.05) is 13.8 Å². The van der Waals surface area contributed by atoms with Crippen molar-refractivity contribution in [1.29, 1.82) is 0 Å². The van der Waals surface area contributed by atoms with Gasteiger partial charge in [0.1, 0.15) is 5.75 Å². The Bertz CT molecular complexity index is 623. The largest absolute Gasteiger partial charge is 0.482 e. The fourth-order valence-corrected chi connectivity index (χ4v) is 2.52. The van der Waals surface area contributed by atoms with Crippen LogP contribution in [0.15, 0.2) is 23.6 Å². The van der Waals surface area contributed by atoms with Gasteiger partial charge in [0.15, 0.2) is 6.61 Å². The van der Waals surface area contributed by atoms with E-state index in [9.17, 15) is 4.79 Å². The van der Waals surface area contributed by atoms with E-state index in [1.807, 2.05) is 11.4 Å². The van der Waals surface area contributed by atoms with Gasteiger partial charge in [0.05, 0.1) is 16.4 Å². The molecule has 6 heteroatoms. The fourth-order valence-electron chi connectivity index (χ4n) is 1.67. The van der Waals surface area contributed by atoms with Crippen LogP contribution >= 0.6 is 11.3 Å². The number of aromatic nitrogens is 1. The number of ether oxygens (including phenoxy) is 1. The van der Waals surface area contributed by atoms with Crippen LogP contribution in [-0.4, -0.2) is 17.5 Å². The molecule has 0 aliphatic heterocycles. The van der Waals surface area contributed by atoms with Gasteiger partial charge in [-0.3, -0.25) is 4.79 Å². The SMILES string of the molecule is CC(C)c1nc(-c2ccc(OCC(N)=O)c(N)c2)cs1. The van der Waals surface area contributed by atoms with E-state index in [0.717, 1.165) is 16.3 Å². The second-order valence-electron chi connectivity index (χ2n) is 4.73. The van der Waals surface area contributed by atoms with E-state index in [4.69, 9.17) is 16.2 Å². The summed E-state index contributed by atoms with van der Waals surface area (Å²) in [5, 5.41) is 3.10. The van der Waals surface area contributed by atoms with Crippen LogP contribution in [0.1, 0.15) is 24.8 Å². The highest BCUT2D eigenvalue weighted by Gasteiger charge is 2.10. The van der Waals surface area contributed by atoms with Crippen LogP contribution in [0.2, 0.25) is 0 Å². The number of carbonyl (C=O) groups is 1. The van der Waals surface area contributed by atoms with E-state index in [-0.39, 0.29) is 6.61 Å². The van der Waals surface area contributed by atoms with Crippen molar-refractivity contribution >= 4 is 22.9 Å². The molecule has 0 aliphatic carbocycles. The van der Waals surface area contributed by atoms with Crippen molar-refractivity contribution in [2.24, 2.45) is 5.73 Å². The van der Waals surface area contributed by atoms with Gasteiger partial charge in [-0.15, -0.1) is 11.3 Å². The van der Waals surface area contributed by atoms with Crippen molar-refractivity contribution in [2.45, 2.75) is 19.8 Å². The molecule has 0 radical (unpaired) electrons. The van der Waals surface area contributed by atoms with E-state index < -0.39 is 5.91 Å². The Morgan fingerprint density at radius 2 is 2.20 bits per heavy atom. The van der Waals surface area contributed by atoms with E-state index in [1.54, 1.807) is 23.5 Å². The summed E-state index contributed by atoms with van der Waals surface area (Å²) in [5.41, 5.74) is 13.2. The summed E-state index contributed by atoms with van der Waals surface area (Å²) in [7, 11) is 0. The Balaban J connectivity index is 2.21. The molecule has 2 rings (SSSR count). The Kier molecular flexibility index (Phi) is 4.24. The minimum absolute atomic E-state index is 0.183. The highest BCUT2D eigenvalue weighted by molar-refractivity contribution is 7.10. The third kappa shape index (κ3) is 3.27. The highest BCUT2D eigenvalue weighted by Crippen LogP contribution is 2.30. The maximum atomic E-state index is 10.7. The van der Waals surface area contributed by atoms with E-state index in [0.29, 0.717) is 17.4 Å². The standard InChI is InChI=1S/C14H17N3O2S/c1-8(2)14-17-11(7-20-14)9-3-4-12(10(15)5-9)19-6-13(16)18/h3-5,7-8H,6,15H2,1-2H3,(H2,16,18). The van der Waals surface area contributed by atoms with Gasteiger partial charge in [-0.2, -0.15) is 0 Å². The van der Waals surface area contributed by atoms with Crippen molar-refractivity contribution in [3.63, 3.8) is 0 Å². The average Bonchev–Trinajstić information content (AvgIpc) is 2.86. The van der Waals surface area contributed by atoms with Crippen LogP contribution in [0.25, 0.3) is 11.3 Å². The molecule has 0 unspecified atom stereocenters. The highest BCUT2D eigenvalue weighted by atomic mass is 32.1. The summed E-state index contributed by atoms with van der Waals surface area (Å²) < 4.78 is 5.22. The Hall–Kier alpha value is -2.08. The first-order chi connectivity index (χ1) is 9.47. The zero-order chi connectivity index (χ0) is 14.7. The normalized spacial score (nSPS) is 10.8. The quantitative estimate of drug-likeness (QED) is 0.827. The molecule has 1 aromatic heterocycles. The third-order valence-electron chi connectivity index (χ3n) is 2.69. The molecule has 0 aliphatic rings. The number of nitrogens with zero attached hydrogens (tertiary/aromatic N) is 1. The molecular weight excluding hydrogens is 274 g/mol. The summed E-state index contributed by atoms with van der Waals surface area (Å²) in [4.78, 5) is 15.3. The first-order valence-electron chi connectivity index (χ1n) is 6.23. The van der Waals surface area contributed by atoms with Gasteiger partial charge in [0.2, 0.25) is 0 Å². The van der Waals surface area contributed by atoms with Crippen molar-refractivity contribution in [1.82, 2.24) is 4.98 Å². The lowest BCUT2D eigenvalue weighted by Crippen LogP contribution is -2.20. The lowest BCUT2D eigenvalue weighted by Gasteiger charge is -2.08. The summed E-state index contributed by atoms with van der Waals surface area (Å²) in [5.74, 6) is 0.325. The molecule has 0 saturated heterocycles. The van der Waals surface area contributed by atoms with Gasteiger partial charge < -0.3 is 16.2 Å². The van der Waals surface area contributed by atoms with E-state index >= 15 is 0 Å². The lowest BCUT2D eigenvalue weighted by atomic mass is 10.1. The molecule has 0 bridgehead atoms. The molecule has 1 heterocycles. The van der Waals surface area contributed by atoms with Crippen LogP contribution in [0, 0.1) is 0 Å². The molecule has 0 atom stereocenters. The van der Waals surface area contributed by atoms with Gasteiger partial charge in [-0.05, 0) is 18.2 Å². The molecule has 106 valence electrons. The number of carbonyl (C=O) groups excluding carboxylic acids is 1. The minimum Gasteiger partial charge on any atom is -0.482 e. The second-order valence-corrected chi connectivity index (χ2v) is 5.62. The summed E-state index contributed by atoms with van der Waals surface area (Å²) in [6.07, 6.45) is 0. The molecule has 5 nitrogen and oxygen atoms in total. The van der Waals surface area contributed by atoms with Gasteiger partial charge in [-0.25, -0.2) is 4.98 Å². The Morgan fingerprint density at radius 3 is 2.75 bits per heavy atom. The third-order valence-corrected chi connectivity index (χ3v) is 3.84. The van der Waals surface area contributed by atoms with Crippen LogP contribution in [0.4, 0.5) is 5.69 Å². The lowest BCUT2D eigenvalue weighted by molar-refractivity contribution is -0.119. The Labute approximate surface area is 121 Å². The van der Waals surface area contributed by atoms with E-state index in [2.05, 4.69) is 18.8 Å². The molecule has 0 fully saturated rings. The zero-order valence-corrected chi connectivity index (χ0v) is 12.2. The average molecular weight is 291 g/mol. The van der Waals surface area contributed by atoms with Crippen LogP contribution in [0.3, 0.4) is 0 Å². The summed E-state index contributed by atoms with van der Waals surface area (Å²) in [6, 6.07) is 5.38. The second kappa shape index (κ2) is 5.92. The molecule has 20 heavy (non-hydrogen) atoms. The summed E-state index contributed by atoms with van der Waals surface area (Å²) >= 11 is 1.63. The molecule has 0 spiro atoms. The maximum Gasteiger partial charge on any atom is 0.255 e. The topological polar surface area (TPSA) is 91.2 Å². The number of primary amides is 1. The number of benzene rings is 1. The molecule has 0 saturated carbocycles. The number of amides is 1. The molecular formula is C14H17N3O2S. The smallest absolute Gasteiger partial charge is 0.255 e. The number of anilines is 1. The number of thiazole rings is 1. The van der Waals surface area contributed by atoms with Gasteiger partial charge >= 0.3 is 0 Å². The monoisotopic (exact) mass is 291 g/mol. The number of nitrogen functional groups attached to an aromatic ring is 1. The van der Waals surface area contributed by atoms with Crippen molar-refractivity contribution in [3.05, 3.63) is 28.6 Å². The number of hydrogen-bond donors (Lipinski definition) is 2. The molecule has 1 aromatic carbocycles. The summed E-state index contributed by atoms with van der Waals surface area (Å²) in [6.45, 7) is 4.03. The van der Waals surface area contributed by atoms with Crippen LogP contribution < -0.4 is 16.2 Å². The van der Waals surface area contributed by atoms with Crippen LogP contribution in [0.5, 0.6) is 5.75 Å². The van der Waals surface area contributed by atoms with E-state index in [1.165, 1.54) is 0 Å². The molecule has 2 aromatic rings. The first kappa shape index (κ1) is 14.3. The molecule has 1 amide bonds. The number of rotatable bonds is 5. The van der Waals surface area contributed by atoms with Crippen molar-refractivity contribution in [3.8, 4) is 17.0 Å². The van der Waals surface area contributed by atoms with Gasteiger partial charge in [0, 0.05) is 16.9 Å². The first-order valence-corrected chi connectivity index (χ1v) is 7.11. The molecule has 4 N–H and O–H groups in total. The maximum absolute atomic E-state index is 10.7. The van der Waals surface area contributed by atoms with Crippen LogP contribution in [-0.2, 0) is 4.79 Å². The Morgan fingerprint density at radius 1 is 1.45 bits per heavy atom. The number of nitrogens with two attached hydrogens (primary N) is 2. The predicted molar refractivity (Wildman–Crippen MR) is 80.7 cm³/mol. The predicted octanol–water partition coefficient (Wildman–Crippen LogP) is 2.38. The fraction of sp³-hybridized carbons (Fsp3) is 0.286. The minimum atomic E-state index is -0.533. The zero-order valence-electron chi connectivity index (χ0n) is 11.4.